The second-order valence-electron chi connectivity index (χ2n) is 3.83. The lowest BCUT2D eigenvalue weighted by molar-refractivity contribution is -0.138. The van der Waals surface area contributed by atoms with Crippen molar-refractivity contribution in [3.63, 3.8) is 0 Å². The molecular formula is C8H16N2O4S. The molecule has 0 atom stereocenters. The molecule has 1 aliphatic heterocycles. The Bertz CT molecular complexity index is 320. The Morgan fingerprint density at radius 2 is 2.00 bits per heavy atom. The molecule has 0 saturated carbocycles. The van der Waals surface area contributed by atoms with Crippen LogP contribution in [-0.2, 0) is 14.8 Å². The highest BCUT2D eigenvalue weighted by Crippen LogP contribution is 2.10. The van der Waals surface area contributed by atoms with Crippen LogP contribution in [0, 0.1) is 0 Å². The number of hydrogen-bond donors (Lipinski definition) is 2. The first kappa shape index (κ1) is 12.4. The van der Waals surface area contributed by atoms with Gasteiger partial charge < -0.3 is 5.11 Å². The van der Waals surface area contributed by atoms with Crippen molar-refractivity contribution >= 4 is 16.0 Å². The van der Waals surface area contributed by atoms with Gasteiger partial charge in [0.05, 0.1) is 12.8 Å². The van der Waals surface area contributed by atoms with Crippen LogP contribution < -0.4 is 4.72 Å². The second-order valence-corrected chi connectivity index (χ2v) is 5.61. The molecule has 6 nitrogen and oxygen atoms in total. The lowest BCUT2D eigenvalue weighted by Crippen LogP contribution is -2.45. The van der Waals surface area contributed by atoms with E-state index in [1.807, 2.05) is 4.90 Å². The molecule has 0 aromatic rings. The third kappa shape index (κ3) is 5.10. The van der Waals surface area contributed by atoms with E-state index in [1.165, 1.54) is 0 Å². The molecule has 0 aromatic carbocycles. The number of hydrogen-bond acceptors (Lipinski definition) is 4. The Hall–Kier alpha value is -0.660. The summed E-state index contributed by atoms with van der Waals surface area (Å²) < 4.78 is 24.4. The molecular weight excluding hydrogens is 220 g/mol. The molecule has 0 unspecified atom stereocenters. The Morgan fingerprint density at radius 3 is 2.40 bits per heavy atom. The van der Waals surface area contributed by atoms with Gasteiger partial charge in [0.2, 0.25) is 10.0 Å². The minimum Gasteiger partial charge on any atom is -0.480 e. The smallest absolute Gasteiger partial charge is 0.317 e. The number of piperidine rings is 1. The van der Waals surface area contributed by atoms with Crippen LogP contribution in [-0.4, -0.2) is 56.3 Å². The molecule has 88 valence electrons. The van der Waals surface area contributed by atoms with E-state index in [9.17, 15) is 13.2 Å². The maximum Gasteiger partial charge on any atom is 0.317 e. The van der Waals surface area contributed by atoms with Crippen LogP contribution >= 0.6 is 0 Å². The van der Waals surface area contributed by atoms with Crippen LogP contribution in [0.1, 0.15) is 12.8 Å². The van der Waals surface area contributed by atoms with Crippen molar-refractivity contribution in [3.05, 3.63) is 0 Å². The predicted molar refractivity (Wildman–Crippen MR) is 55.1 cm³/mol. The second kappa shape index (κ2) is 4.91. The number of aliphatic carboxylic acids is 1. The van der Waals surface area contributed by atoms with E-state index in [2.05, 4.69) is 4.72 Å². The molecule has 0 spiro atoms. The average molecular weight is 236 g/mol. The minimum absolute atomic E-state index is 0.0333. The van der Waals surface area contributed by atoms with Gasteiger partial charge in [-0.2, -0.15) is 0 Å². The summed E-state index contributed by atoms with van der Waals surface area (Å²) in [4.78, 5) is 12.2. The van der Waals surface area contributed by atoms with Gasteiger partial charge in [0.1, 0.15) is 0 Å². The molecule has 1 fully saturated rings. The fourth-order valence-corrected chi connectivity index (χ4v) is 2.54. The third-order valence-electron chi connectivity index (χ3n) is 2.33. The molecule has 0 bridgehead atoms. The first-order valence-electron chi connectivity index (χ1n) is 4.78. The molecule has 1 rings (SSSR count). The molecule has 15 heavy (non-hydrogen) atoms. The zero-order chi connectivity index (χ0) is 11.5. The van der Waals surface area contributed by atoms with Gasteiger partial charge >= 0.3 is 5.97 Å². The number of likely N-dealkylation sites (tertiary alicyclic amines) is 1. The van der Waals surface area contributed by atoms with Crippen LogP contribution in [0.3, 0.4) is 0 Å². The number of nitrogens with one attached hydrogen (secondary N) is 1. The van der Waals surface area contributed by atoms with Crippen molar-refractivity contribution in [1.82, 2.24) is 9.62 Å². The van der Waals surface area contributed by atoms with Gasteiger partial charge in [-0.1, -0.05) is 0 Å². The summed E-state index contributed by atoms with van der Waals surface area (Å²) in [6, 6.07) is -0.0509. The van der Waals surface area contributed by atoms with Crippen LogP contribution in [0.4, 0.5) is 0 Å². The number of rotatable bonds is 4. The highest BCUT2D eigenvalue weighted by molar-refractivity contribution is 7.88. The molecule has 7 heteroatoms. The Balaban J connectivity index is 2.33. The third-order valence-corrected chi connectivity index (χ3v) is 3.09. The molecule has 0 aliphatic carbocycles. The van der Waals surface area contributed by atoms with Crippen LogP contribution in [0.25, 0.3) is 0 Å². The van der Waals surface area contributed by atoms with Crippen molar-refractivity contribution < 1.29 is 18.3 Å². The molecule has 1 aliphatic rings. The highest BCUT2D eigenvalue weighted by Gasteiger charge is 2.22. The number of carboxylic acid groups (broad SMARTS) is 1. The molecule has 0 amide bonds. The molecule has 1 heterocycles. The summed E-state index contributed by atoms with van der Waals surface area (Å²) in [7, 11) is -3.15. The van der Waals surface area contributed by atoms with Gasteiger partial charge in [-0.3, -0.25) is 9.69 Å². The molecule has 1 saturated heterocycles. The average Bonchev–Trinajstić information content (AvgIpc) is 2.05. The van der Waals surface area contributed by atoms with Crippen LogP contribution in [0.5, 0.6) is 0 Å². The van der Waals surface area contributed by atoms with E-state index in [1.54, 1.807) is 0 Å². The summed E-state index contributed by atoms with van der Waals surface area (Å²) in [5.74, 6) is -0.843. The van der Waals surface area contributed by atoms with E-state index in [-0.39, 0.29) is 12.6 Å². The van der Waals surface area contributed by atoms with Crippen molar-refractivity contribution in [3.8, 4) is 0 Å². The van der Waals surface area contributed by atoms with Crippen molar-refractivity contribution in [2.24, 2.45) is 0 Å². The number of nitrogens with zero attached hydrogens (tertiary/aromatic N) is 1. The maximum atomic E-state index is 10.9. The first-order chi connectivity index (χ1) is 6.87. The highest BCUT2D eigenvalue weighted by atomic mass is 32.2. The van der Waals surface area contributed by atoms with Crippen LogP contribution in [0.2, 0.25) is 0 Å². The fourth-order valence-electron chi connectivity index (χ4n) is 1.70. The van der Waals surface area contributed by atoms with E-state index in [4.69, 9.17) is 5.11 Å². The van der Waals surface area contributed by atoms with E-state index in [0.29, 0.717) is 25.9 Å². The number of sulfonamides is 1. The first-order valence-corrected chi connectivity index (χ1v) is 6.67. The van der Waals surface area contributed by atoms with E-state index in [0.717, 1.165) is 6.26 Å². The lowest BCUT2D eigenvalue weighted by atomic mass is 10.1. The molecule has 0 radical (unpaired) electrons. The molecule has 2 N–H and O–H groups in total. The van der Waals surface area contributed by atoms with Gasteiger partial charge in [-0.25, -0.2) is 13.1 Å². The quantitative estimate of drug-likeness (QED) is 0.659. The Morgan fingerprint density at radius 1 is 1.47 bits per heavy atom. The Kier molecular flexibility index (Phi) is 4.06. The van der Waals surface area contributed by atoms with E-state index < -0.39 is 16.0 Å². The molecule has 0 aromatic heterocycles. The van der Waals surface area contributed by atoms with Crippen molar-refractivity contribution in [2.45, 2.75) is 18.9 Å². The number of carboxylic acids is 1. The zero-order valence-electron chi connectivity index (χ0n) is 8.64. The van der Waals surface area contributed by atoms with Gasteiger partial charge in [0.25, 0.3) is 0 Å². The summed E-state index contributed by atoms with van der Waals surface area (Å²) in [6.45, 7) is 1.28. The van der Waals surface area contributed by atoms with Gasteiger partial charge in [0, 0.05) is 19.1 Å². The predicted octanol–water partition coefficient (Wildman–Crippen LogP) is -0.915. The summed E-state index contributed by atoms with van der Waals surface area (Å²) in [5, 5.41) is 8.56. The lowest BCUT2D eigenvalue weighted by Gasteiger charge is -2.30. The number of carbonyl (C=O) groups is 1. The summed E-state index contributed by atoms with van der Waals surface area (Å²) in [5.41, 5.74) is 0. The van der Waals surface area contributed by atoms with E-state index >= 15 is 0 Å². The van der Waals surface area contributed by atoms with Gasteiger partial charge in [-0.05, 0) is 12.8 Å². The summed E-state index contributed by atoms with van der Waals surface area (Å²) in [6.07, 6.45) is 2.47. The van der Waals surface area contributed by atoms with Gasteiger partial charge in [-0.15, -0.1) is 0 Å². The van der Waals surface area contributed by atoms with Crippen molar-refractivity contribution in [2.75, 3.05) is 25.9 Å². The maximum absolute atomic E-state index is 10.9. The van der Waals surface area contributed by atoms with Crippen molar-refractivity contribution in [1.29, 1.82) is 0 Å². The van der Waals surface area contributed by atoms with Gasteiger partial charge in [0.15, 0.2) is 0 Å². The minimum atomic E-state index is -3.15. The standard InChI is InChI=1S/C8H16N2O4S/c1-15(13,14)9-7-2-4-10(5-3-7)6-8(11)12/h7,9H,2-6H2,1H3,(H,11,12). The van der Waals surface area contributed by atoms with Crippen LogP contribution in [0.15, 0.2) is 0 Å². The normalized spacial score (nSPS) is 20.3. The fraction of sp³-hybridized carbons (Fsp3) is 0.875. The zero-order valence-corrected chi connectivity index (χ0v) is 9.46. The monoisotopic (exact) mass is 236 g/mol. The Labute approximate surface area is 89.3 Å². The topological polar surface area (TPSA) is 86.7 Å². The summed E-state index contributed by atoms with van der Waals surface area (Å²) >= 11 is 0. The largest absolute Gasteiger partial charge is 0.480 e. The SMILES string of the molecule is CS(=O)(=O)NC1CCN(CC(=O)O)CC1.